The van der Waals surface area contributed by atoms with E-state index in [0.717, 1.165) is 42.4 Å². The van der Waals surface area contributed by atoms with Gasteiger partial charge in [0.05, 0.1) is 37.1 Å². The molecule has 25 heavy (non-hydrogen) atoms. The number of aryl methyl sites for hydroxylation is 1. The number of rotatable bonds is 3. The number of ether oxygens (including phenoxy) is 1. The number of amides is 1. The number of fused-ring (bicyclic) bond motifs is 1. The SMILES string of the molecule is Cc1csc(CN2CC[C@H]3C(=O)N(c4cccnc4)CCO[C@H]3C2)n1. The van der Waals surface area contributed by atoms with E-state index in [0.29, 0.717) is 13.2 Å². The zero-order valence-electron chi connectivity index (χ0n) is 14.3. The van der Waals surface area contributed by atoms with Crippen LogP contribution in [0.15, 0.2) is 29.9 Å². The number of likely N-dealkylation sites (tertiary alicyclic amines) is 1. The molecule has 0 spiro atoms. The van der Waals surface area contributed by atoms with Gasteiger partial charge in [0.15, 0.2) is 0 Å². The summed E-state index contributed by atoms with van der Waals surface area (Å²) in [4.78, 5) is 25.9. The molecule has 6 nitrogen and oxygen atoms in total. The molecular formula is C18H22N4O2S. The highest BCUT2D eigenvalue weighted by Gasteiger charge is 2.39. The Morgan fingerprint density at radius 3 is 3.08 bits per heavy atom. The number of carbonyl (C=O) groups excluding carboxylic acids is 1. The summed E-state index contributed by atoms with van der Waals surface area (Å²) in [5, 5.41) is 3.22. The second kappa shape index (κ2) is 7.19. The van der Waals surface area contributed by atoms with Crippen molar-refractivity contribution in [2.75, 3.05) is 31.1 Å². The van der Waals surface area contributed by atoms with Crippen LogP contribution in [0.4, 0.5) is 5.69 Å². The smallest absolute Gasteiger partial charge is 0.232 e. The quantitative estimate of drug-likeness (QED) is 0.841. The Labute approximate surface area is 151 Å². The summed E-state index contributed by atoms with van der Waals surface area (Å²) >= 11 is 1.70. The predicted octanol–water partition coefficient (Wildman–Crippen LogP) is 2.10. The molecule has 0 N–H and O–H groups in total. The molecule has 2 aliphatic rings. The van der Waals surface area contributed by atoms with Gasteiger partial charge in [-0.1, -0.05) is 0 Å². The topological polar surface area (TPSA) is 58.6 Å². The van der Waals surface area contributed by atoms with Crippen LogP contribution in [-0.4, -0.2) is 53.1 Å². The van der Waals surface area contributed by atoms with Gasteiger partial charge in [0.1, 0.15) is 5.01 Å². The van der Waals surface area contributed by atoms with Crippen LogP contribution in [0.2, 0.25) is 0 Å². The van der Waals surface area contributed by atoms with Gasteiger partial charge in [0.25, 0.3) is 0 Å². The van der Waals surface area contributed by atoms with E-state index in [4.69, 9.17) is 4.74 Å². The molecule has 0 saturated carbocycles. The summed E-state index contributed by atoms with van der Waals surface area (Å²) in [5.41, 5.74) is 1.93. The lowest BCUT2D eigenvalue weighted by atomic mass is 9.92. The number of pyridine rings is 1. The molecular weight excluding hydrogens is 336 g/mol. The van der Waals surface area contributed by atoms with Gasteiger partial charge in [0, 0.05) is 30.4 Å². The monoisotopic (exact) mass is 358 g/mol. The normalized spacial score (nSPS) is 24.8. The first kappa shape index (κ1) is 16.6. The van der Waals surface area contributed by atoms with Crippen LogP contribution in [0.3, 0.4) is 0 Å². The molecule has 0 unspecified atom stereocenters. The Balaban J connectivity index is 1.45. The minimum Gasteiger partial charge on any atom is -0.374 e. The number of hydrogen-bond donors (Lipinski definition) is 0. The van der Waals surface area contributed by atoms with Crippen molar-refractivity contribution in [1.82, 2.24) is 14.9 Å². The number of piperidine rings is 1. The van der Waals surface area contributed by atoms with Crippen molar-refractivity contribution in [1.29, 1.82) is 0 Å². The van der Waals surface area contributed by atoms with E-state index in [1.54, 1.807) is 23.7 Å². The van der Waals surface area contributed by atoms with Gasteiger partial charge in [-0.25, -0.2) is 4.98 Å². The van der Waals surface area contributed by atoms with E-state index in [9.17, 15) is 4.79 Å². The zero-order valence-corrected chi connectivity index (χ0v) is 15.1. The average molecular weight is 358 g/mol. The van der Waals surface area contributed by atoms with Crippen LogP contribution in [0.5, 0.6) is 0 Å². The molecule has 0 aromatic carbocycles. The molecule has 2 aromatic rings. The summed E-state index contributed by atoms with van der Waals surface area (Å²) in [6.07, 6.45) is 4.26. The summed E-state index contributed by atoms with van der Waals surface area (Å²) in [5.74, 6) is 0.0947. The first-order chi connectivity index (χ1) is 12.2. The van der Waals surface area contributed by atoms with Crippen LogP contribution in [0, 0.1) is 12.8 Å². The Kier molecular flexibility index (Phi) is 4.78. The van der Waals surface area contributed by atoms with E-state index in [1.807, 2.05) is 24.0 Å². The Morgan fingerprint density at radius 1 is 1.40 bits per heavy atom. The van der Waals surface area contributed by atoms with Crippen LogP contribution in [0.1, 0.15) is 17.1 Å². The molecule has 1 amide bonds. The predicted molar refractivity (Wildman–Crippen MR) is 96.6 cm³/mol. The zero-order chi connectivity index (χ0) is 17.2. The maximum Gasteiger partial charge on any atom is 0.232 e. The fraction of sp³-hybridized carbons (Fsp3) is 0.500. The van der Waals surface area contributed by atoms with Crippen LogP contribution < -0.4 is 4.90 Å². The van der Waals surface area contributed by atoms with Gasteiger partial charge in [-0.2, -0.15) is 0 Å². The number of carbonyl (C=O) groups is 1. The van der Waals surface area contributed by atoms with E-state index >= 15 is 0 Å². The average Bonchev–Trinajstić information content (AvgIpc) is 2.96. The van der Waals surface area contributed by atoms with Gasteiger partial charge >= 0.3 is 0 Å². The van der Waals surface area contributed by atoms with Crippen molar-refractivity contribution < 1.29 is 9.53 Å². The third-order valence-electron chi connectivity index (χ3n) is 4.86. The molecule has 2 aromatic heterocycles. The van der Waals surface area contributed by atoms with Crippen molar-refractivity contribution >= 4 is 22.9 Å². The van der Waals surface area contributed by atoms with Crippen molar-refractivity contribution in [3.63, 3.8) is 0 Å². The summed E-state index contributed by atoms with van der Waals surface area (Å²) < 4.78 is 6.06. The highest BCUT2D eigenvalue weighted by molar-refractivity contribution is 7.09. The molecule has 2 saturated heterocycles. The molecule has 4 rings (SSSR count). The van der Waals surface area contributed by atoms with Crippen LogP contribution >= 0.6 is 11.3 Å². The van der Waals surface area contributed by atoms with E-state index in [-0.39, 0.29) is 17.9 Å². The third kappa shape index (κ3) is 3.58. The van der Waals surface area contributed by atoms with Crippen molar-refractivity contribution in [2.45, 2.75) is 26.0 Å². The number of hydrogen-bond acceptors (Lipinski definition) is 6. The van der Waals surface area contributed by atoms with Crippen molar-refractivity contribution in [3.8, 4) is 0 Å². The highest BCUT2D eigenvalue weighted by Crippen LogP contribution is 2.28. The van der Waals surface area contributed by atoms with E-state index in [2.05, 4.69) is 20.2 Å². The fourth-order valence-electron chi connectivity index (χ4n) is 3.62. The second-order valence-electron chi connectivity index (χ2n) is 6.62. The molecule has 132 valence electrons. The molecule has 0 bridgehead atoms. The van der Waals surface area contributed by atoms with Gasteiger partial charge in [-0.3, -0.25) is 14.7 Å². The number of nitrogens with zero attached hydrogens (tertiary/aromatic N) is 4. The maximum atomic E-state index is 13.0. The lowest BCUT2D eigenvalue weighted by Crippen LogP contribution is -2.49. The van der Waals surface area contributed by atoms with E-state index < -0.39 is 0 Å². The largest absolute Gasteiger partial charge is 0.374 e. The molecule has 2 atom stereocenters. The summed E-state index contributed by atoms with van der Waals surface area (Å²) in [7, 11) is 0. The Hall–Kier alpha value is -1.83. The van der Waals surface area contributed by atoms with Gasteiger partial charge in [-0.05, 0) is 32.0 Å². The number of anilines is 1. The number of thiazole rings is 1. The molecule has 0 radical (unpaired) electrons. The molecule has 7 heteroatoms. The number of aromatic nitrogens is 2. The van der Waals surface area contributed by atoms with Crippen LogP contribution in [-0.2, 0) is 16.1 Å². The lowest BCUT2D eigenvalue weighted by molar-refractivity contribution is -0.128. The van der Waals surface area contributed by atoms with Crippen LogP contribution in [0.25, 0.3) is 0 Å². The van der Waals surface area contributed by atoms with Gasteiger partial charge < -0.3 is 9.64 Å². The first-order valence-electron chi connectivity index (χ1n) is 8.67. The Morgan fingerprint density at radius 2 is 2.32 bits per heavy atom. The fourth-order valence-corrected chi connectivity index (χ4v) is 4.43. The van der Waals surface area contributed by atoms with Gasteiger partial charge in [-0.15, -0.1) is 11.3 Å². The molecule has 2 aliphatic heterocycles. The summed E-state index contributed by atoms with van der Waals surface area (Å²) in [6, 6.07) is 3.80. The molecule has 2 fully saturated rings. The first-order valence-corrected chi connectivity index (χ1v) is 9.55. The molecule has 0 aliphatic carbocycles. The standard InChI is InChI=1S/C18H22N4O2S/c1-13-12-25-17(20-13)11-21-6-4-15-16(10-21)24-8-7-22(18(15)23)14-3-2-5-19-9-14/h2-3,5,9,12,15-16H,4,6-8,10-11H2,1H3/t15-,16+/m1/s1. The maximum absolute atomic E-state index is 13.0. The molecule has 4 heterocycles. The van der Waals surface area contributed by atoms with Gasteiger partial charge in [0.2, 0.25) is 5.91 Å². The van der Waals surface area contributed by atoms with Crippen molar-refractivity contribution in [3.05, 3.63) is 40.6 Å². The lowest BCUT2D eigenvalue weighted by Gasteiger charge is -2.36. The second-order valence-corrected chi connectivity index (χ2v) is 7.57. The minimum atomic E-state index is -0.0722. The Bertz CT molecular complexity index is 736. The van der Waals surface area contributed by atoms with E-state index in [1.165, 1.54) is 0 Å². The third-order valence-corrected chi connectivity index (χ3v) is 5.81. The minimum absolute atomic E-state index is 0.0380. The highest BCUT2D eigenvalue weighted by atomic mass is 32.1. The summed E-state index contributed by atoms with van der Waals surface area (Å²) in [6.45, 7) is 5.69. The van der Waals surface area contributed by atoms with Crippen molar-refractivity contribution in [2.24, 2.45) is 5.92 Å².